The van der Waals surface area contributed by atoms with Gasteiger partial charge in [-0.3, -0.25) is 14.5 Å². The van der Waals surface area contributed by atoms with Crippen molar-refractivity contribution in [3.05, 3.63) is 35.9 Å². The fraction of sp³-hybridized carbons (Fsp3) is 0.591. The second-order valence-corrected chi connectivity index (χ2v) is 8.06. The molecular weight excluding hydrogens is 354 g/mol. The molecule has 6 nitrogen and oxygen atoms in total. The van der Waals surface area contributed by atoms with E-state index >= 15 is 0 Å². The zero-order valence-electron chi connectivity index (χ0n) is 16.9. The van der Waals surface area contributed by atoms with Crippen LogP contribution in [0.1, 0.15) is 57.9 Å². The molecule has 1 aromatic rings. The second kappa shape index (κ2) is 8.76. The molecule has 2 aliphatic rings. The van der Waals surface area contributed by atoms with Crippen molar-refractivity contribution in [1.29, 1.82) is 0 Å². The lowest BCUT2D eigenvalue weighted by Gasteiger charge is -2.34. The Labute approximate surface area is 167 Å². The standard InChI is InChI=1S/C22H31N3O3/c1-3-14-24(15-18-8-6-5-7-9-18)19(26)16-25-20(27)22(23-21(25)28)12-10-17(4-2)11-13-22/h5-9,17H,3-4,10-16H2,1-2H3,(H,23,28). The largest absolute Gasteiger partial charge is 0.337 e. The number of amides is 4. The van der Waals surface area contributed by atoms with Crippen LogP contribution in [0, 0.1) is 5.92 Å². The van der Waals surface area contributed by atoms with E-state index in [1.165, 1.54) is 0 Å². The van der Waals surface area contributed by atoms with Crippen LogP contribution in [0.3, 0.4) is 0 Å². The zero-order chi connectivity index (χ0) is 20.1. The van der Waals surface area contributed by atoms with Crippen LogP contribution in [0.15, 0.2) is 30.3 Å². The van der Waals surface area contributed by atoms with Crippen LogP contribution in [0.2, 0.25) is 0 Å². The topological polar surface area (TPSA) is 69.7 Å². The molecule has 4 amide bonds. The first-order chi connectivity index (χ1) is 13.5. The summed E-state index contributed by atoms with van der Waals surface area (Å²) in [4.78, 5) is 41.3. The highest BCUT2D eigenvalue weighted by Gasteiger charge is 2.52. The molecule has 1 heterocycles. The molecule has 1 N–H and O–H groups in total. The maximum absolute atomic E-state index is 13.0. The van der Waals surface area contributed by atoms with E-state index in [0.29, 0.717) is 31.8 Å². The normalized spacial score (nSPS) is 24.5. The predicted molar refractivity (Wildman–Crippen MR) is 107 cm³/mol. The summed E-state index contributed by atoms with van der Waals surface area (Å²) in [5.74, 6) is 0.210. The number of imide groups is 1. The molecule has 0 radical (unpaired) electrons. The van der Waals surface area contributed by atoms with Gasteiger partial charge in [0.2, 0.25) is 5.91 Å². The third-order valence-corrected chi connectivity index (χ3v) is 6.14. The van der Waals surface area contributed by atoms with Crippen molar-refractivity contribution in [2.24, 2.45) is 5.92 Å². The number of carbonyl (C=O) groups is 3. The molecule has 152 valence electrons. The number of rotatable bonds is 7. The predicted octanol–water partition coefficient (Wildman–Crippen LogP) is 3.32. The summed E-state index contributed by atoms with van der Waals surface area (Å²) in [7, 11) is 0. The van der Waals surface area contributed by atoms with Crippen LogP contribution in [-0.2, 0) is 16.1 Å². The average Bonchev–Trinajstić information content (AvgIpc) is 2.93. The fourth-order valence-corrected chi connectivity index (χ4v) is 4.34. The third kappa shape index (κ3) is 4.21. The molecule has 1 saturated heterocycles. The van der Waals surface area contributed by atoms with Gasteiger partial charge in [0, 0.05) is 13.1 Å². The van der Waals surface area contributed by atoms with Crippen molar-refractivity contribution in [2.45, 2.75) is 64.5 Å². The van der Waals surface area contributed by atoms with E-state index in [1.54, 1.807) is 4.90 Å². The first-order valence-corrected chi connectivity index (χ1v) is 10.4. The number of nitrogens with zero attached hydrogens (tertiary/aromatic N) is 2. The first kappa shape index (κ1) is 20.4. The van der Waals surface area contributed by atoms with E-state index < -0.39 is 11.6 Å². The maximum Gasteiger partial charge on any atom is 0.325 e. The Hall–Kier alpha value is -2.37. The lowest BCUT2D eigenvalue weighted by Crippen LogP contribution is -2.50. The minimum Gasteiger partial charge on any atom is -0.337 e. The van der Waals surface area contributed by atoms with Gasteiger partial charge in [-0.1, -0.05) is 50.6 Å². The molecule has 6 heteroatoms. The zero-order valence-corrected chi connectivity index (χ0v) is 16.9. The summed E-state index contributed by atoms with van der Waals surface area (Å²) < 4.78 is 0. The Morgan fingerprint density at radius 2 is 1.86 bits per heavy atom. The van der Waals surface area contributed by atoms with Crippen LogP contribution in [-0.4, -0.2) is 46.3 Å². The summed E-state index contributed by atoms with van der Waals surface area (Å²) in [6.07, 6.45) is 5.15. The van der Waals surface area contributed by atoms with Crippen LogP contribution in [0.5, 0.6) is 0 Å². The van der Waals surface area contributed by atoms with Gasteiger partial charge in [-0.15, -0.1) is 0 Å². The van der Waals surface area contributed by atoms with Crippen molar-refractivity contribution < 1.29 is 14.4 Å². The molecule has 1 spiro atoms. The van der Waals surface area contributed by atoms with Crippen LogP contribution in [0.4, 0.5) is 4.79 Å². The van der Waals surface area contributed by atoms with Gasteiger partial charge in [0.25, 0.3) is 5.91 Å². The number of benzene rings is 1. The Morgan fingerprint density at radius 1 is 1.18 bits per heavy atom. The van der Waals surface area contributed by atoms with Crippen LogP contribution in [0.25, 0.3) is 0 Å². The quantitative estimate of drug-likeness (QED) is 0.732. The Kier molecular flexibility index (Phi) is 6.37. The molecule has 0 bridgehead atoms. The highest BCUT2D eigenvalue weighted by molar-refractivity contribution is 6.09. The Balaban J connectivity index is 1.66. The molecule has 1 aliphatic carbocycles. The van der Waals surface area contributed by atoms with Gasteiger partial charge in [0.1, 0.15) is 12.1 Å². The average molecular weight is 386 g/mol. The van der Waals surface area contributed by atoms with Crippen molar-refractivity contribution in [2.75, 3.05) is 13.1 Å². The maximum atomic E-state index is 13.0. The molecule has 0 unspecified atom stereocenters. The van der Waals surface area contributed by atoms with Gasteiger partial charge in [0.05, 0.1) is 0 Å². The number of nitrogens with one attached hydrogen (secondary N) is 1. The van der Waals surface area contributed by atoms with Crippen molar-refractivity contribution in [3.63, 3.8) is 0 Å². The summed E-state index contributed by atoms with van der Waals surface area (Å²) in [6.45, 7) is 5.08. The molecule has 28 heavy (non-hydrogen) atoms. The Bertz CT molecular complexity index is 711. The molecule has 1 aromatic carbocycles. The minimum absolute atomic E-state index is 0.184. The van der Waals surface area contributed by atoms with Crippen LogP contribution >= 0.6 is 0 Å². The van der Waals surface area contributed by atoms with Gasteiger partial charge in [-0.25, -0.2) is 4.79 Å². The van der Waals surface area contributed by atoms with E-state index in [2.05, 4.69) is 12.2 Å². The minimum atomic E-state index is -0.794. The number of urea groups is 1. The van der Waals surface area contributed by atoms with E-state index in [1.807, 2.05) is 37.3 Å². The van der Waals surface area contributed by atoms with E-state index in [-0.39, 0.29) is 18.4 Å². The van der Waals surface area contributed by atoms with E-state index in [0.717, 1.165) is 36.1 Å². The van der Waals surface area contributed by atoms with Crippen molar-refractivity contribution >= 4 is 17.8 Å². The van der Waals surface area contributed by atoms with Gasteiger partial charge < -0.3 is 10.2 Å². The summed E-state index contributed by atoms with van der Waals surface area (Å²) in [5.41, 5.74) is 0.244. The smallest absolute Gasteiger partial charge is 0.325 e. The van der Waals surface area contributed by atoms with Gasteiger partial charge in [-0.2, -0.15) is 0 Å². The summed E-state index contributed by atoms with van der Waals surface area (Å²) in [6, 6.07) is 9.35. The van der Waals surface area contributed by atoms with E-state index in [4.69, 9.17) is 0 Å². The molecule has 2 fully saturated rings. The van der Waals surface area contributed by atoms with Crippen LogP contribution < -0.4 is 5.32 Å². The van der Waals surface area contributed by atoms with Crippen molar-refractivity contribution in [3.8, 4) is 0 Å². The number of carbonyl (C=O) groups excluding carboxylic acids is 3. The second-order valence-electron chi connectivity index (χ2n) is 8.06. The first-order valence-electron chi connectivity index (χ1n) is 10.4. The highest BCUT2D eigenvalue weighted by Crippen LogP contribution is 2.37. The number of hydrogen-bond acceptors (Lipinski definition) is 3. The van der Waals surface area contributed by atoms with Crippen molar-refractivity contribution in [1.82, 2.24) is 15.1 Å². The molecule has 3 rings (SSSR count). The lowest BCUT2D eigenvalue weighted by molar-refractivity contribution is -0.140. The third-order valence-electron chi connectivity index (χ3n) is 6.14. The van der Waals surface area contributed by atoms with Gasteiger partial charge >= 0.3 is 6.03 Å². The van der Waals surface area contributed by atoms with Gasteiger partial charge in [0.15, 0.2) is 0 Å². The van der Waals surface area contributed by atoms with Gasteiger partial charge in [-0.05, 0) is 43.6 Å². The molecule has 0 atom stereocenters. The monoisotopic (exact) mass is 385 g/mol. The lowest BCUT2D eigenvalue weighted by atomic mass is 9.75. The number of hydrogen-bond donors (Lipinski definition) is 1. The molecular formula is C22H31N3O3. The molecule has 1 aliphatic heterocycles. The fourth-order valence-electron chi connectivity index (χ4n) is 4.34. The SMILES string of the molecule is CCCN(Cc1ccccc1)C(=O)CN1C(=O)NC2(CCC(CC)CC2)C1=O. The molecule has 0 aromatic heterocycles. The summed E-state index contributed by atoms with van der Waals surface area (Å²) in [5, 5.41) is 2.91. The summed E-state index contributed by atoms with van der Waals surface area (Å²) >= 11 is 0. The Morgan fingerprint density at radius 3 is 2.46 bits per heavy atom. The van der Waals surface area contributed by atoms with E-state index in [9.17, 15) is 14.4 Å². The highest BCUT2D eigenvalue weighted by atomic mass is 16.2. The molecule has 1 saturated carbocycles.